The largest absolute Gasteiger partial charge is 0.431 e. The predicted molar refractivity (Wildman–Crippen MR) is 108 cm³/mol. The number of carbonyl (C=O) groups excluding carboxylic acids is 1. The Balaban J connectivity index is 1.63. The SMILES string of the molecule is O=C(NNc1ncnc(Oc2cccc3cccnc23)c1[N+](=O)[O-])c1ccccc1. The number of nitrogens with zero attached hydrogens (tertiary/aromatic N) is 4. The molecule has 0 aliphatic heterocycles. The third-order valence-electron chi connectivity index (χ3n) is 4.10. The molecular formula is C20H14N6O4. The van der Waals surface area contributed by atoms with Gasteiger partial charge in [-0.1, -0.05) is 36.4 Å². The Hall–Kier alpha value is -4.60. The molecule has 0 fully saturated rings. The van der Waals surface area contributed by atoms with E-state index < -0.39 is 16.5 Å². The van der Waals surface area contributed by atoms with E-state index in [0.29, 0.717) is 16.8 Å². The van der Waals surface area contributed by atoms with Crippen LogP contribution in [0.5, 0.6) is 11.6 Å². The van der Waals surface area contributed by atoms with E-state index in [4.69, 9.17) is 4.74 Å². The molecule has 30 heavy (non-hydrogen) atoms. The van der Waals surface area contributed by atoms with E-state index >= 15 is 0 Å². The van der Waals surface area contributed by atoms with Crippen molar-refractivity contribution in [3.63, 3.8) is 0 Å². The van der Waals surface area contributed by atoms with Crippen molar-refractivity contribution < 1.29 is 14.5 Å². The second kappa shape index (κ2) is 8.19. The Morgan fingerprint density at radius 1 is 0.967 bits per heavy atom. The van der Waals surface area contributed by atoms with E-state index in [0.717, 1.165) is 11.7 Å². The Kier molecular flexibility index (Phi) is 5.12. The first kappa shape index (κ1) is 18.7. The van der Waals surface area contributed by atoms with E-state index in [1.165, 1.54) is 0 Å². The highest BCUT2D eigenvalue weighted by molar-refractivity contribution is 5.95. The molecule has 2 aromatic carbocycles. The van der Waals surface area contributed by atoms with E-state index in [2.05, 4.69) is 25.8 Å². The van der Waals surface area contributed by atoms with Crippen molar-refractivity contribution in [2.75, 3.05) is 5.43 Å². The summed E-state index contributed by atoms with van der Waals surface area (Å²) in [4.78, 5) is 35.2. The molecule has 2 N–H and O–H groups in total. The second-order valence-corrected chi connectivity index (χ2v) is 6.01. The standard InChI is InChI=1S/C20H14N6O4/c27-19(14-6-2-1-3-7-14)25-24-18-17(26(28)29)20(23-12-22-18)30-15-10-4-8-13-9-5-11-21-16(13)15/h1-12H,(H,25,27)(H,22,23,24). The van der Waals surface area contributed by atoms with E-state index in [-0.39, 0.29) is 11.7 Å². The van der Waals surface area contributed by atoms with Crippen molar-refractivity contribution in [2.24, 2.45) is 0 Å². The van der Waals surface area contributed by atoms with Crippen molar-refractivity contribution in [2.45, 2.75) is 0 Å². The first-order valence-corrected chi connectivity index (χ1v) is 8.76. The van der Waals surface area contributed by atoms with Gasteiger partial charge < -0.3 is 4.74 Å². The maximum atomic E-state index is 12.2. The van der Waals surface area contributed by atoms with Crippen LogP contribution >= 0.6 is 0 Å². The minimum atomic E-state index is -0.690. The fourth-order valence-electron chi connectivity index (χ4n) is 2.73. The molecule has 0 saturated heterocycles. The number of nitro groups is 1. The molecule has 0 atom stereocenters. The first-order valence-electron chi connectivity index (χ1n) is 8.76. The minimum absolute atomic E-state index is 0.220. The summed E-state index contributed by atoms with van der Waals surface area (Å²) in [6, 6.07) is 17.2. The number of ether oxygens (including phenoxy) is 1. The molecule has 0 saturated carbocycles. The summed E-state index contributed by atoms with van der Waals surface area (Å²) in [5, 5.41) is 12.5. The average Bonchev–Trinajstić information content (AvgIpc) is 2.78. The van der Waals surface area contributed by atoms with E-state index in [9.17, 15) is 14.9 Å². The molecule has 10 heteroatoms. The number of amides is 1. The summed E-state index contributed by atoms with van der Waals surface area (Å²) < 4.78 is 5.71. The van der Waals surface area contributed by atoms with Crippen LogP contribution in [0.4, 0.5) is 11.5 Å². The average molecular weight is 402 g/mol. The summed E-state index contributed by atoms with van der Waals surface area (Å²) in [7, 11) is 0. The van der Waals surface area contributed by atoms with Gasteiger partial charge in [0.05, 0.1) is 4.92 Å². The lowest BCUT2D eigenvalue weighted by atomic mass is 10.2. The highest BCUT2D eigenvalue weighted by atomic mass is 16.6. The number of benzene rings is 2. The number of hydrazine groups is 1. The molecule has 148 valence electrons. The Morgan fingerprint density at radius 3 is 2.57 bits per heavy atom. The molecule has 2 heterocycles. The van der Waals surface area contributed by atoms with Gasteiger partial charge in [-0.15, -0.1) is 0 Å². The molecule has 0 spiro atoms. The lowest BCUT2D eigenvalue weighted by Gasteiger charge is -2.11. The molecule has 0 unspecified atom stereocenters. The van der Waals surface area contributed by atoms with Gasteiger partial charge in [0.2, 0.25) is 5.82 Å². The van der Waals surface area contributed by atoms with Gasteiger partial charge in [0.25, 0.3) is 5.91 Å². The monoisotopic (exact) mass is 402 g/mol. The smallest absolute Gasteiger partial charge is 0.374 e. The molecular weight excluding hydrogens is 388 g/mol. The Labute approximate surface area is 169 Å². The molecule has 4 rings (SSSR count). The summed E-state index contributed by atoms with van der Waals surface area (Å²) in [6.45, 7) is 0. The lowest BCUT2D eigenvalue weighted by molar-refractivity contribution is -0.385. The summed E-state index contributed by atoms with van der Waals surface area (Å²) in [5.41, 5.74) is 5.22. The van der Waals surface area contributed by atoms with Gasteiger partial charge in [-0.3, -0.25) is 30.7 Å². The number of nitrogens with one attached hydrogen (secondary N) is 2. The zero-order valence-electron chi connectivity index (χ0n) is 15.4. The predicted octanol–water partition coefficient (Wildman–Crippen LogP) is 3.48. The first-order chi connectivity index (χ1) is 14.6. The number of pyridine rings is 1. The van der Waals surface area contributed by atoms with Crippen LogP contribution in [0, 0.1) is 10.1 Å². The van der Waals surface area contributed by atoms with Gasteiger partial charge in [0, 0.05) is 17.1 Å². The van der Waals surface area contributed by atoms with Crippen LogP contribution in [-0.4, -0.2) is 25.8 Å². The lowest BCUT2D eigenvalue weighted by Crippen LogP contribution is -2.30. The van der Waals surface area contributed by atoms with Gasteiger partial charge in [0.1, 0.15) is 11.8 Å². The zero-order valence-corrected chi connectivity index (χ0v) is 15.4. The minimum Gasteiger partial charge on any atom is -0.431 e. The van der Waals surface area contributed by atoms with Gasteiger partial charge in [-0.05, 0) is 24.3 Å². The van der Waals surface area contributed by atoms with Crippen molar-refractivity contribution in [1.29, 1.82) is 0 Å². The van der Waals surface area contributed by atoms with Crippen LogP contribution in [0.25, 0.3) is 10.9 Å². The maximum Gasteiger partial charge on any atom is 0.374 e. The number of para-hydroxylation sites is 1. The van der Waals surface area contributed by atoms with Crippen LogP contribution < -0.4 is 15.6 Å². The summed E-state index contributed by atoms with van der Waals surface area (Å²) in [6.07, 6.45) is 2.69. The molecule has 0 aliphatic rings. The molecule has 1 amide bonds. The van der Waals surface area contributed by atoms with E-state index in [1.807, 2.05) is 12.1 Å². The molecule has 0 bridgehead atoms. The Bertz CT molecular complexity index is 1230. The Morgan fingerprint density at radius 2 is 1.77 bits per heavy atom. The fraction of sp³-hybridized carbons (Fsp3) is 0. The number of rotatable bonds is 6. The number of hydrogen-bond donors (Lipinski definition) is 2. The number of hydrogen-bond acceptors (Lipinski definition) is 8. The molecule has 4 aromatic rings. The highest BCUT2D eigenvalue weighted by Gasteiger charge is 2.26. The molecule has 0 radical (unpaired) electrons. The van der Waals surface area contributed by atoms with Crippen LogP contribution in [-0.2, 0) is 0 Å². The van der Waals surface area contributed by atoms with Crippen LogP contribution in [0.1, 0.15) is 10.4 Å². The number of anilines is 1. The number of aromatic nitrogens is 3. The number of fused-ring (bicyclic) bond motifs is 1. The normalized spacial score (nSPS) is 10.4. The fourth-order valence-corrected chi connectivity index (χ4v) is 2.73. The molecule has 0 aliphatic carbocycles. The highest BCUT2D eigenvalue weighted by Crippen LogP contribution is 2.35. The van der Waals surface area contributed by atoms with Gasteiger partial charge >= 0.3 is 11.6 Å². The maximum absolute atomic E-state index is 12.2. The summed E-state index contributed by atoms with van der Waals surface area (Å²) in [5.74, 6) is -0.689. The quantitative estimate of drug-likeness (QED) is 0.370. The number of carbonyl (C=O) groups is 1. The van der Waals surface area contributed by atoms with Crippen LogP contribution in [0.2, 0.25) is 0 Å². The topological polar surface area (TPSA) is 132 Å². The van der Waals surface area contributed by atoms with Gasteiger partial charge in [-0.25, -0.2) is 4.98 Å². The second-order valence-electron chi connectivity index (χ2n) is 6.01. The van der Waals surface area contributed by atoms with Gasteiger partial charge in [0.15, 0.2) is 5.75 Å². The third kappa shape index (κ3) is 3.83. The van der Waals surface area contributed by atoms with Gasteiger partial charge in [-0.2, -0.15) is 4.98 Å². The third-order valence-corrected chi connectivity index (χ3v) is 4.10. The van der Waals surface area contributed by atoms with Crippen molar-refractivity contribution in [3.8, 4) is 11.6 Å². The van der Waals surface area contributed by atoms with Crippen LogP contribution in [0.15, 0.2) is 73.2 Å². The van der Waals surface area contributed by atoms with Crippen molar-refractivity contribution in [3.05, 3.63) is 88.9 Å². The summed E-state index contributed by atoms with van der Waals surface area (Å²) >= 11 is 0. The zero-order chi connectivity index (χ0) is 20.9. The van der Waals surface area contributed by atoms with Crippen molar-refractivity contribution in [1.82, 2.24) is 20.4 Å². The molecule has 10 nitrogen and oxygen atoms in total. The van der Waals surface area contributed by atoms with E-state index in [1.54, 1.807) is 54.7 Å². The molecule has 2 aromatic heterocycles. The van der Waals surface area contributed by atoms with Crippen molar-refractivity contribution >= 4 is 28.3 Å². The van der Waals surface area contributed by atoms with Crippen LogP contribution in [0.3, 0.4) is 0 Å².